The second-order valence-electron chi connectivity index (χ2n) is 9.19. The molecule has 4 rings (SSSR count). The molecule has 0 bridgehead atoms. The minimum absolute atomic E-state index is 0.269. The molecule has 11 nitrogen and oxygen atoms in total. The SMILES string of the molecule is Cc1ccc(-n2c(C)cc(C(=O)COC(=O)[C@@H]3C[C@@H](O)CN3S(=O)(=O)c3ccccc3[N+](=O)[O-])c2C)cc1. The van der Waals surface area contributed by atoms with E-state index in [4.69, 9.17) is 4.74 Å². The summed E-state index contributed by atoms with van der Waals surface area (Å²) >= 11 is 0. The van der Waals surface area contributed by atoms with Gasteiger partial charge in [-0.15, -0.1) is 0 Å². The number of aromatic nitrogens is 1. The second kappa shape index (κ2) is 10.5. The molecule has 1 fully saturated rings. The molecule has 1 aliphatic rings. The highest BCUT2D eigenvalue weighted by Gasteiger charge is 2.46. The summed E-state index contributed by atoms with van der Waals surface area (Å²) in [6.07, 6.45) is -1.45. The molecule has 2 aromatic carbocycles. The van der Waals surface area contributed by atoms with Crippen molar-refractivity contribution in [3.8, 4) is 5.69 Å². The Hall–Kier alpha value is -3.87. The van der Waals surface area contributed by atoms with E-state index < -0.39 is 62.6 Å². The standard InChI is InChI=1S/C26H27N3O8S/c1-16-8-10-19(11-9-16)28-17(2)12-21(18(28)3)24(31)15-37-26(32)23-13-20(30)14-27(23)38(35,36)25-7-5-4-6-22(25)29(33)34/h4-12,20,23,30H,13-15H2,1-3H3/t20-,23+/m1/s1. The Morgan fingerprint density at radius 2 is 1.76 bits per heavy atom. The van der Waals surface area contributed by atoms with Crippen molar-refractivity contribution in [1.29, 1.82) is 0 Å². The molecule has 1 saturated heterocycles. The number of carbonyl (C=O) groups is 2. The normalized spacial score (nSPS) is 17.9. The van der Waals surface area contributed by atoms with Crippen LogP contribution in [0, 0.1) is 30.9 Å². The first-order chi connectivity index (χ1) is 17.9. The summed E-state index contributed by atoms with van der Waals surface area (Å²) in [7, 11) is -4.53. The van der Waals surface area contributed by atoms with Gasteiger partial charge in [0.15, 0.2) is 11.5 Å². The molecule has 0 radical (unpaired) electrons. The average Bonchev–Trinajstić information content (AvgIpc) is 3.42. The van der Waals surface area contributed by atoms with Crippen LogP contribution in [0.2, 0.25) is 0 Å². The highest BCUT2D eigenvalue weighted by Crippen LogP contribution is 2.32. The number of ether oxygens (including phenoxy) is 1. The third-order valence-electron chi connectivity index (χ3n) is 6.52. The Balaban J connectivity index is 1.52. The van der Waals surface area contributed by atoms with Gasteiger partial charge in [0.2, 0.25) is 5.78 Å². The number of rotatable bonds is 8. The van der Waals surface area contributed by atoms with Gasteiger partial charge in [0.25, 0.3) is 15.7 Å². The summed E-state index contributed by atoms with van der Waals surface area (Å²) < 4.78 is 34.3. The number of Topliss-reactive ketones (excluding diaryl/α,β-unsaturated/α-hetero) is 1. The number of benzene rings is 2. The number of aliphatic hydroxyl groups is 1. The lowest BCUT2D eigenvalue weighted by molar-refractivity contribution is -0.387. The van der Waals surface area contributed by atoms with E-state index in [9.17, 15) is 33.2 Å². The number of para-hydroxylation sites is 1. The van der Waals surface area contributed by atoms with Crippen LogP contribution in [0.25, 0.3) is 5.69 Å². The minimum Gasteiger partial charge on any atom is -0.456 e. The van der Waals surface area contributed by atoms with Crippen LogP contribution in [0.15, 0.2) is 59.5 Å². The maximum atomic E-state index is 13.3. The number of hydrogen-bond donors (Lipinski definition) is 1. The van der Waals surface area contributed by atoms with Gasteiger partial charge in [0, 0.05) is 41.7 Å². The number of hydrogen-bond acceptors (Lipinski definition) is 8. The number of aryl methyl sites for hydroxylation is 2. The zero-order valence-corrected chi connectivity index (χ0v) is 21.8. The van der Waals surface area contributed by atoms with Crippen LogP contribution in [-0.4, -0.2) is 64.4 Å². The monoisotopic (exact) mass is 541 g/mol. The fraction of sp³-hybridized carbons (Fsp3) is 0.308. The summed E-state index contributed by atoms with van der Waals surface area (Å²) in [5.74, 6) is -1.50. The molecular formula is C26H27N3O8S. The molecule has 2 atom stereocenters. The predicted octanol–water partition coefficient (Wildman–Crippen LogP) is 2.86. The van der Waals surface area contributed by atoms with Crippen LogP contribution in [-0.2, 0) is 19.6 Å². The quantitative estimate of drug-likeness (QED) is 0.198. The van der Waals surface area contributed by atoms with Crippen LogP contribution < -0.4 is 0 Å². The van der Waals surface area contributed by atoms with E-state index in [1.165, 1.54) is 12.1 Å². The minimum atomic E-state index is -4.53. The van der Waals surface area contributed by atoms with Gasteiger partial charge in [-0.25, -0.2) is 8.42 Å². The number of sulfonamides is 1. The summed E-state index contributed by atoms with van der Waals surface area (Å²) in [5, 5.41) is 21.5. The van der Waals surface area contributed by atoms with Gasteiger partial charge >= 0.3 is 5.97 Å². The van der Waals surface area contributed by atoms with Gasteiger partial charge in [-0.1, -0.05) is 29.8 Å². The molecule has 1 aromatic heterocycles. The molecule has 0 aliphatic carbocycles. The Bertz CT molecular complexity index is 1510. The van der Waals surface area contributed by atoms with Crippen LogP contribution in [0.4, 0.5) is 5.69 Å². The third kappa shape index (κ3) is 5.10. The summed E-state index contributed by atoms with van der Waals surface area (Å²) in [5.41, 5.74) is 3.13. The number of esters is 1. The number of β-amino-alcohol motifs (C(OH)–C–C–N with tert-alkyl or cyclic N) is 1. The Morgan fingerprint density at radius 1 is 1.11 bits per heavy atom. The van der Waals surface area contributed by atoms with Gasteiger partial charge in [-0.3, -0.25) is 19.7 Å². The van der Waals surface area contributed by atoms with E-state index in [0.29, 0.717) is 15.6 Å². The Labute approximate surface area is 219 Å². The van der Waals surface area contributed by atoms with Crippen LogP contribution >= 0.6 is 0 Å². The topological polar surface area (TPSA) is 149 Å². The zero-order chi connectivity index (χ0) is 27.8. The molecule has 3 aromatic rings. The van der Waals surface area contributed by atoms with Gasteiger partial charge in [0.05, 0.1) is 11.0 Å². The highest BCUT2D eigenvalue weighted by atomic mass is 32.2. The van der Waals surface area contributed by atoms with Crippen molar-refractivity contribution in [3.05, 3.63) is 87.2 Å². The summed E-state index contributed by atoms with van der Waals surface area (Å²) in [4.78, 5) is 35.8. The fourth-order valence-electron chi connectivity index (χ4n) is 4.66. The molecule has 1 N–H and O–H groups in total. The Morgan fingerprint density at radius 3 is 2.42 bits per heavy atom. The summed E-state index contributed by atoms with van der Waals surface area (Å²) in [6, 6.07) is 12.8. The van der Waals surface area contributed by atoms with E-state index in [1.807, 2.05) is 42.7 Å². The van der Waals surface area contributed by atoms with Crippen molar-refractivity contribution in [2.75, 3.05) is 13.2 Å². The number of aliphatic hydroxyl groups excluding tert-OH is 1. The van der Waals surface area contributed by atoms with Crippen molar-refractivity contribution in [2.45, 2.75) is 44.2 Å². The van der Waals surface area contributed by atoms with Gasteiger partial charge in [-0.05, 0) is 45.0 Å². The van der Waals surface area contributed by atoms with Crippen molar-refractivity contribution >= 4 is 27.5 Å². The maximum absolute atomic E-state index is 13.3. The zero-order valence-electron chi connectivity index (χ0n) is 21.0. The van der Waals surface area contributed by atoms with E-state index in [1.54, 1.807) is 13.0 Å². The lowest BCUT2D eigenvalue weighted by Gasteiger charge is -2.22. The van der Waals surface area contributed by atoms with Gasteiger partial charge in [0.1, 0.15) is 6.04 Å². The first-order valence-corrected chi connectivity index (χ1v) is 13.2. The number of carbonyl (C=O) groups excluding carboxylic acids is 2. The van der Waals surface area contributed by atoms with Crippen LogP contribution in [0.3, 0.4) is 0 Å². The summed E-state index contributed by atoms with van der Waals surface area (Å²) in [6.45, 7) is 4.51. The van der Waals surface area contributed by atoms with Gasteiger partial charge in [-0.2, -0.15) is 4.31 Å². The van der Waals surface area contributed by atoms with Crippen molar-refractivity contribution in [2.24, 2.45) is 0 Å². The van der Waals surface area contributed by atoms with E-state index in [-0.39, 0.29) is 6.42 Å². The molecule has 38 heavy (non-hydrogen) atoms. The molecule has 1 aliphatic heterocycles. The second-order valence-corrected chi connectivity index (χ2v) is 11.1. The molecule has 2 heterocycles. The predicted molar refractivity (Wildman–Crippen MR) is 137 cm³/mol. The maximum Gasteiger partial charge on any atom is 0.325 e. The van der Waals surface area contributed by atoms with Crippen LogP contribution in [0.5, 0.6) is 0 Å². The van der Waals surface area contributed by atoms with Crippen molar-refractivity contribution < 1.29 is 32.8 Å². The lowest BCUT2D eigenvalue weighted by atomic mass is 10.1. The number of nitro benzene ring substituents is 1. The van der Waals surface area contributed by atoms with Crippen molar-refractivity contribution in [3.63, 3.8) is 0 Å². The number of nitrogens with zero attached hydrogens (tertiary/aromatic N) is 3. The van der Waals surface area contributed by atoms with Gasteiger partial charge < -0.3 is 14.4 Å². The largest absolute Gasteiger partial charge is 0.456 e. The first-order valence-electron chi connectivity index (χ1n) is 11.8. The molecule has 0 saturated carbocycles. The van der Waals surface area contributed by atoms with E-state index >= 15 is 0 Å². The highest BCUT2D eigenvalue weighted by molar-refractivity contribution is 7.89. The molecule has 12 heteroatoms. The molecular weight excluding hydrogens is 514 g/mol. The molecule has 0 unspecified atom stereocenters. The number of nitro groups is 1. The Kier molecular flexibility index (Phi) is 7.49. The van der Waals surface area contributed by atoms with Crippen molar-refractivity contribution in [1.82, 2.24) is 8.87 Å². The molecule has 0 amide bonds. The average molecular weight is 542 g/mol. The fourth-order valence-corrected chi connectivity index (χ4v) is 6.45. The third-order valence-corrected chi connectivity index (χ3v) is 8.45. The van der Waals surface area contributed by atoms with E-state index in [2.05, 4.69) is 0 Å². The van der Waals surface area contributed by atoms with E-state index in [0.717, 1.165) is 29.1 Å². The smallest absolute Gasteiger partial charge is 0.325 e. The molecule has 0 spiro atoms. The molecule has 200 valence electrons. The first kappa shape index (κ1) is 27.2. The van der Waals surface area contributed by atoms with Crippen LogP contribution in [0.1, 0.15) is 33.7 Å². The number of ketones is 1. The lowest BCUT2D eigenvalue weighted by Crippen LogP contribution is -2.42.